The molecule has 0 radical (unpaired) electrons. The van der Waals surface area contributed by atoms with Crippen LogP contribution in [0.2, 0.25) is 0 Å². The maximum Gasteiger partial charge on any atom is 0.267 e. The number of hydrogen-bond acceptors (Lipinski definition) is 5. The second-order valence-electron chi connectivity index (χ2n) is 12.6. The van der Waals surface area contributed by atoms with E-state index in [2.05, 4.69) is 31.3 Å². The van der Waals surface area contributed by atoms with Gasteiger partial charge in [0.25, 0.3) is 10.1 Å². The van der Waals surface area contributed by atoms with Crippen molar-refractivity contribution in [3.8, 4) is 0 Å². The molecule has 260 valence electrons. The molecule has 0 fully saturated rings. The van der Waals surface area contributed by atoms with Crippen LogP contribution in [-0.4, -0.2) is 53.1 Å². The van der Waals surface area contributed by atoms with Crippen molar-refractivity contribution in [1.29, 1.82) is 0 Å². The number of allylic oxidation sites excluding steroid dienone is 3. The molecule has 4 N–H and O–H groups in total. The smallest absolute Gasteiger partial charge is 0.267 e. The summed E-state index contributed by atoms with van der Waals surface area (Å²) in [5, 5.41) is 23.1. The average Bonchev–Trinajstić information content (AvgIpc) is 2.98. The maximum atomic E-state index is 12.5. The summed E-state index contributed by atoms with van der Waals surface area (Å²) in [6, 6.07) is -1.23. The zero-order valence-electron chi connectivity index (χ0n) is 28.4. The lowest BCUT2D eigenvalue weighted by atomic mass is 10.0. The summed E-state index contributed by atoms with van der Waals surface area (Å²) in [6.07, 6.45) is 34.2. The SMILES string of the molecule is CCCCCC/C=C/C(O)C(CS(=O)(=O)O)NC(=O)C(O)CCCCCCCC/C=C\CCCCCCCCCCCCC. The van der Waals surface area contributed by atoms with Gasteiger partial charge in [-0.2, -0.15) is 8.42 Å². The Labute approximate surface area is 271 Å². The van der Waals surface area contributed by atoms with E-state index in [1.807, 2.05) is 0 Å². The van der Waals surface area contributed by atoms with Gasteiger partial charge in [-0.05, 0) is 44.9 Å². The lowest BCUT2D eigenvalue weighted by Gasteiger charge is -2.22. The van der Waals surface area contributed by atoms with Crippen molar-refractivity contribution in [1.82, 2.24) is 5.32 Å². The molecule has 0 bridgehead atoms. The van der Waals surface area contributed by atoms with Crippen molar-refractivity contribution in [2.24, 2.45) is 0 Å². The Morgan fingerprint density at radius 3 is 1.45 bits per heavy atom. The summed E-state index contributed by atoms with van der Waals surface area (Å²) < 4.78 is 32.1. The first kappa shape index (κ1) is 42.8. The zero-order valence-corrected chi connectivity index (χ0v) is 29.2. The van der Waals surface area contributed by atoms with E-state index in [0.717, 1.165) is 57.8 Å². The minimum atomic E-state index is -4.42. The van der Waals surface area contributed by atoms with Crippen LogP contribution >= 0.6 is 0 Å². The van der Waals surface area contributed by atoms with Crippen molar-refractivity contribution in [2.45, 2.75) is 193 Å². The fraction of sp³-hybridized carbons (Fsp3) is 0.861. The van der Waals surface area contributed by atoms with Crippen molar-refractivity contribution >= 4 is 16.0 Å². The molecular weight excluding hydrogens is 574 g/mol. The van der Waals surface area contributed by atoms with Gasteiger partial charge in [-0.15, -0.1) is 0 Å². The number of nitrogens with one attached hydrogen (secondary N) is 1. The highest BCUT2D eigenvalue weighted by Crippen LogP contribution is 2.14. The summed E-state index contributed by atoms with van der Waals surface area (Å²) in [5.41, 5.74) is 0. The fourth-order valence-electron chi connectivity index (χ4n) is 5.39. The topological polar surface area (TPSA) is 124 Å². The van der Waals surface area contributed by atoms with Gasteiger partial charge < -0.3 is 15.5 Å². The molecule has 0 saturated heterocycles. The monoisotopic (exact) mass is 643 g/mol. The quantitative estimate of drug-likeness (QED) is 0.0329. The predicted molar refractivity (Wildman–Crippen MR) is 185 cm³/mol. The predicted octanol–water partition coefficient (Wildman–Crippen LogP) is 8.99. The molecule has 0 heterocycles. The standard InChI is InChI=1S/C36H69NO6S/c1-3-5-7-9-11-12-13-14-15-16-17-18-19-20-21-22-23-24-25-27-29-31-35(39)36(40)37-33(32-44(41,42)43)34(38)30-28-26-10-8-6-4-2/h19-20,28,30,33-35,38-39H,3-18,21-27,29,31-32H2,1-2H3,(H,37,40)(H,41,42,43)/b20-19-,30-28+. The minimum Gasteiger partial charge on any atom is -0.387 e. The van der Waals surface area contributed by atoms with Gasteiger partial charge in [0.1, 0.15) is 6.10 Å². The van der Waals surface area contributed by atoms with Gasteiger partial charge in [0.15, 0.2) is 0 Å². The van der Waals surface area contributed by atoms with E-state index < -0.39 is 40.0 Å². The Morgan fingerprint density at radius 2 is 1.00 bits per heavy atom. The van der Waals surface area contributed by atoms with Gasteiger partial charge in [-0.25, -0.2) is 0 Å². The second-order valence-corrected chi connectivity index (χ2v) is 14.1. The van der Waals surface area contributed by atoms with E-state index in [4.69, 9.17) is 0 Å². The maximum absolute atomic E-state index is 12.5. The molecule has 0 aromatic carbocycles. The highest BCUT2D eigenvalue weighted by molar-refractivity contribution is 7.85. The molecule has 0 saturated carbocycles. The molecule has 0 aromatic rings. The molecule has 3 atom stereocenters. The summed E-state index contributed by atoms with van der Waals surface area (Å²) >= 11 is 0. The lowest BCUT2D eigenvalue weighted by molar-refractivity contribution is -0.130. The Morgan fingerprint density at radius 1 is 0.614 bits per heavy atom. The van der Waals surface area contributed by atoms with E-state index in [1.165, 1.54) is 96.0 Å². The van der Waals surface area contributed by atoms with Crippen LogP contribution in [0.1, 0.15) is 174 Å². The average molecular weight is 644 g/mol. The number of rotatable bonds is 32. The first-order chi connectivity index (χ1) is 21.2. The van der Waals surface area contributed by atoms with Crippen molar-refractivity contribution in [3.05, 3.63) is 24.3 Å². The van der Waals surface area contributed by atoms with Gasteiger partial charge in [0, 0.05) is 0 Å². The van der Waals surface area contributed by atoms with Gasteiger partial charge >= 0.3 is 0 Å². The van der Waals surface area contributed by atoms with Crippen LogP contribution in [0.25, 0.3) is 0 Å². The number of carbonyl (C=O) groups is 1. The number of carbonyl (C=O) groups excluding carboxylic acids is 1. The molecule has 0 rings (SSSR count). The molecular formula is C36H69NO6S. The number of unbranched alkanes of at least 4 members (excludes halogenated alkanes) is 21. The fourth-order valence-corrected chi connectivity index (χ4v) is 6.12. The molecule has 1 amide bonds. The lowest BCUT2D eigenvalue weighted by Crippen LogP contribution is -2.50. The molecule has 44 heavy (non-hydrogen) atoms. The van der Waals surface area contributed by atoms with Crippen molar-refractivity contribution < 1.29 is 28.0 Å². The largest absolute Gasteiger partial charge is 0.387 e. The Bertz CT molecular complexity index is 813. The first-order valence-corrected chi connectivity index (χ1v) is 19.8. The number of amides is 1. The van der Waals surface area contributed by atoms with Crippen molar-refractivity contribution in [2.75, 3.05) is 5.75 Å². The summed E-state index contributed by atoms with van der Waals surface area (Å²) in [4.78, 5) is 12.5. The highest BCUT2D eigenvalue weighted by atomic mass is 32.2. The van der Waals surface area contributed by atoms with E-state index in [-0.39, 0.29) is 6.42 Å². The third-order valence-corrected chi connectivity index (χ3v) is 9.01. The third-order valence-electron chi connectivity index (χ3n) is 8.23. The van der Waals surface area contributed by atoms with Crippen LogP contribution < -0.4 is 5.32 Å². The van der Waals surface area contributed by atoms with E-state index in [9.17, 15) is 28.0 Å². The summed E-state index contributed by atoms with van der Waals surface area (Å²) in [7, 11) is -4.42. The molecule has 0 aromatic heterocycles. The third kappa shape index (κ3) is 29.5. The molecule has 7 nitrogen and oxygen atoms in total. The second kappa shape index (κ2) is 30.4. The van der Waals surface area contributed by atoms with Gasteiger partial charge in [0.2, 0.25) is 5.91 Å². The molecule has 0 aliphatic heterocycles. The Balaban J connectivity index is 3.90. The van der Waals surface area contributed by atoms with E-state index >= 15 is 0 Å². The van der Waals surface area contributed by atoms with Crippen molar-refractivity contribution in [3.63, 3.8) is 0 Å². The Hall–Kier alpha value is -1.22. The minimum absolute atomic E-state index is 0.273. The van der Waals surface area contributed by atoms with Gasteiger partial charge in [-0.3, -0.25) is 9.35 Å². The first-order valence-electron chi connectivity index (χ1n) is 18.1. The molecule has 0 spiro atoms. The molecule has 3 unspecified atom stereocenters. The van der Waals surface area contributed by atoms with Crippen LogP contribution in [0.4, 0.5) is 0 Å². The van der Waals surface area contributed by atoms with Crippen LogP contribution in [-0.2, 0) is 14.9 Å². The summed E-state index contributed by atoms with van der Waals surface area (Å²) in [6.45, 7) is 4.39. The van der Waals surface area contributed by atoms with Crippen LogP contribution in [0.15, 0.2) is 24.3 Å². The zero-order chi connectivity index (χ0) is 32.7. The van der Waals surface area contributed by atoms with Crippen LogP contribution in [0.5, 0.6) is 0 Å². The molecule has 8 heteroatoms. The normalized spacial score (nSPS) is 14.4. The number of aliphatic hydroxyl groups excluding tert-OH is 2. The van der Waals surface area contributed by atoms with Gasteiger partial charge in [0.05, 0.1) is 17.9 Å². The number of hydrogen-bond donors (Lipinski definition) is 4. The molecule has 0 aliphatic carbocycles. The van der Waals surface area contributed by atoms with E-state index in [1.54, 1.807) is 6.08 Å². The summed E-state index contributed by atoms with van der Waals surface area (Å²) in [5.74, 6) is -1.55. The van der Waals surface area contributed by atoms with E-state index in [0.29, 0.717) is 6.42 Å². The van der Waals surface area contributed by atoms with Crippen LogP contribution in [0.3, 0.4) is 0 Å². The Kier molecular flexibility index (Phi) is 29.6. The number of aliphatic hydroxyl groups is 2. The van der Waals surface area contributed by atoms with Gasteiger partial charge in [-0.1, -0.05) is 154 Å². The van der Waals surface area contributed by atoms with Crippen LogP contribution in [0, 0.1) is 0 Å². The highest BCUT2D eigenvalue weighted by Gasteiger charge is 2.27. The molecule has 0 aliphatic rings.